The maximum Gasteiger partial charge on any atom is 0.305 e. The Hall–Kier alpha value is -3.76. The molecule has 2 aromatic carbocycles. The van der Waals surface area contributed by atoms with E-state index in [-0.39, 0.29) is 18.1 Å². The van der Waals surface area contributed by atoms with Gasteiger partial charge in [-0.3, -0.25) is 4.79 Å². The number of carbonyl (C=O) groups is 1. The number of aliphatic hydroxyl groups excluding tert-OH is 2. The number of hydrogen-bond acceptors (Lipinski definition) is 6. The lowest BCUT2D eigenvalue weighted by Gasteiger charge is -2.16. The first-order chi connectivity index (χ1) is 16.6. The number of benzene rings is 2. The number of aryl methyl sites for hydroxylation is 3. The van der Waals surface area contributed by atoms with Gasteiger partial charge in [-0.25, -0.2) is 13.5 Å². The zero-order valence-electron chi connectivity index (χ0n) is 19.5. The third-order valence-electron chi connectivity index (χ3n) is 5.43. The zero-order chi connectivity index (χ0) is 25.7. The number of allylic oxidation sites excluding steroid dienone is 2. The van der Waals surface area contributed by atoms with Gasteiger partial charge < -0.3 is 15.3 Å². The van der Waals surface area contributed by atoms with E-state index in [1.165, 1.54) is 22.9 Å². The molecule has 0 amide bonds. The summed E-state index contributed by atoms with van der Waals surface area (Å²) in [4.78, 5) is 10.8. The molecule has 0 fully saturated rings. The SMILES string of the molecule is Cc1cc(C(=C(/C=C/C(O)CC(O)CC(=O)O)c2nnnn2C)c2ccc(F)c(C)c2)ccc1F. The molecule has 0 radical (unpaired) electrons. The van der Waals surface area contributed by atoms with Crippen molar-refractivity contribution in [1.82, 2.24) is 20.2 Å². The van der Waals surface area contributed by atoms with E-state index in [2.05, 4.69) is 15.5 Å². The number of nitrogens with zero attached hydrogens (tertiary/aromatic N) is 4. The van der Waals surface area contributed by atoms with Crippen LogP contribution in [0.15, 0.2) is 48.6 Å². The Kier molecular flexibility index (Phi) is 8.21. The summed E-state index contributed by atoms with van der Waals surface area (Å²) >= 11 is 0. The Morgan fingerprint density at radius 3 is 2.09 bits per heavy atom. The van der Waals surface area contributed by atoms with Crippen LogP contribution >= 0.6 is 0 Å². The first kappa shape index (κ1) is 25.9. The van der Waals surface area contributed by atoms with E-state index >= 15 is 0 Å². The van der Waals surface area contributed by atoms with Crippen molar-refractivity contribution in [3.63, 3.8) is 0 Å². The molecule has 184 valence electrons. The van der Waals surface area contributed by atoms with Gasteiger partial charge in [0.1, 0.15) is 11.6 Å². The molecule has 0 spiro atoms. The smallest absolute Gasteiger partial charge is 0.305 e. The molecule has 0 saturated heterocycles. The highest BCUT2D eigenvalue weighted by Crippen LogP contribution is 2.34. The van der Waals surface area contributed by atoms with Gasteiger partial charge >= 0.3 is 5.97 Å². The van der Waals surface area contributed by atoms with Crippen molar-refractivity contribution in [3.8, 4) is 0 Å². The highest BCUT2D eigenvalue weighted by atomic mass is 19.1. The molecule has 1 aromatic heterocycles. The van der Waals surface area contributed by atoms with Crippen LogP contribution in [0.2, 0.25) is 0 Å². The maximum absolute atomic E-state index is 14.1. The quantitative estimate of drug-likeness (QED) is 0.399. The number of halogens is 2. The van der Waals surface area contributed by atoms with Crippen LogP contribution in [-0.2, 0) is 11.8 Å². The molecule has 35 heavy (non-hydrogen) atoms. The second kappa shape index (κ2) is 11.1. The van der Waals surface area contributed by atoms with Crippen molar-refractivity contribution in [1.29, 1.82) is 0 Å². The topological polar surface area (TPSA) is 121 Å². The van der Waals surface area contributed by atoms with Crippen LogP contribution < -0.4 is 0 Å². The number of aromatic nitrogens is 4. The standard InChI is InChI=1S/C25H26F2N4O4/c1-14-10-16(4-8-21(14)26)24(17-5-9-22(27)15(2)11-17)20(25-28-29-30-31(25)3)7-6-18(32)12-19(33)13-23(34)35/h4-11,18-19,32-33H,12-13H2,1-3H3,(H,34,35)/b7-6+. The second-order valence-corrected chi connectivity index (χ2v) is 8.26. The van der Waals surface area contributed by atoms with E-state index in [1.54, 1.807) is 51.2 Å². The van der Waals surface area contributed by atoms with E-state index in [9.17, 15) is 23.8 Å². The van der Waals surface area contributed by atoms with Crippen molar-refractivity contribution in [2.24, 2.45) is 7.05 Å². The molecule has 1 heterocycles. The molecule has 2 atom stereocenters. The molecule has 8 nitrogen and oxygen atoms in total. The van der Waals surface area contributed by atoms with Crippen LogP contribution in [0.3, 0.4) is 0 Å². The average Bonchev–Trinajstić information content (AvgIpc) is 3.20. The van der Waals surface area contributed by atoms with E-state index < -0.39 is 24.6 Å². The average molecular weight is 485 g/mol. The van der Waals surface area contributed by atoms with E-state index in [1.807, 2.05) is 0 Å². The minimum absolute atomic E-state index is 0.201. The lowest BCUT2D eigenvalue weighted by molar-refractivity contribution is -0.139. The Labute approximate surface area is 200 Å². The van der Waals surface area contributed by atoms with Gasteiger partial charge in [-0.15, -0.1) is 5.10 Å². The van der Waals surface area contributed by atoms with Crippen LogP contribution in [-0.4, -0.2) is 53.7 Å². The van der Waals surface area contributed by atoms with Crippen molar-refractivity contribution in [3.05, 3.63) is 88.3 Å². The van der Waals surface area contributed by atoms with Crippen molar-refractivity contribution >= 4 is 17.1 Å². The van der Waals surface area contributed by atoms with Gasteiger partial charge in [-0.2, -0.15) is 0 Å². The zero-order valence-corrected chi connectivity index (χ0v) is 19.5. The summed E-state index contributed by atoms with van der Waals surface area (Å²) in [7, 11) is 1.62. The van der Waals surface area contributed by atoms with Crippen molar-refractivity contribution in [2.45, 2.75) is 38.9 Å². The van der Waals surface area contributed by atoms with Gasteiger partial charge in [0, 0.05) is 19.0 Å². The Morgan fingerprint density at radius 2 is 1.63 bits per heavy atom. The highest BCUT2D eigenvalue weighted by Gasteiger charge is 2.19. The van der Waals surface area contributed by atoms with Gasteiger partial charge in [0.15, 0.2) is 5.82 Å². The second-order valence-electron chi connectivity index (χ2n) is 8.26. The third kappa shape index (κ3) is 6.43. The number of rotatable bonds is 9. The molecule has 0 bridgehead atoms. The summed E-state index contributed by atoms with van der Waals surface area (Å²) in [6.07, 6.45) is -0.177. The minimum Gasteiger partial charge on any atom is -0.481 e. The molecule has 3 N–H and O–H groups in total. The molecular weight excluding hydrogens is 458 g/mol. The molecule has 0 aliphatic heterocycles. The van der Waals surface area contributed by atoms with Gasteiger partial charge in [0.05, 0.1) is 18.6 Å². The number of aliphatic hydroxyl groups is 2. The van der Waals surface area contributed by atoms with Gasteiger partial charge in [0.2, 0.25) is 0 Å². The number of aliphatic carboxylic acids is 1. The monoisotopic (exact) mass is 484 g/mol. The highest BCUT2D eigenvalue weighted by molar-refractivity contribution is 6.01. The normalized spacial score (nSPS) is 13.1. The predicted octanol–water partition coefficient (Wildman–Crippen LogP) is 3.21. The lowest BCUT2D eigenvalue weighted by atomic mass is 9.90. The summed E-state index contributed by atoms with van der Waals surface area (Å²) in [5, 5.41) is 40.8. The fourth-order valence-corrected chi connectivity index (χ4v) is 3.65. The van der Waals surface area contributed by atoms with E-state index in [4.69, 9.17) is 5.11 Å². The Morgan fingerprint density at radius 1 is 1.06 bits per heavy atom. The lowest BCUT2D eigenvalue weighted by Crippen LogP contribution is -2.19. The molecule has 3 rings (SSSR count). The first-order valence-corrected chi connectivity index (χ1v) is 10.8. The summed E-state index contributed by atoms with van der Waals surface area (Å²) in [6.45, 7) is 3.25. The fourth-order valence-electron chi connectivity index (χ4n) is 3.65. The summed E-state index contributed by atoms with van der Waals surface area (Å²) in [5.74, 6) is -1.63. The molecule has 2 unspecified atom stereocenters. The largest absolute Gasteiger partial charge is 0.481 e. The molecule has 0 saturated carbocycles. The third-order valence-corrected chi connectivity index (χ3v) is 5.43. The van der Waals surface area contributed by atoms with Crippen LogP contribution in [0.25, 0.3) is 11.1 Å². The van der Waals surface area contributed by atoms with E-state index in [0.717, 1.165) is 0 Å². The van der Waals surface area contributed by atoms with Gasteiger partial charge in [-0.05, 0) is 76.4 Å². The van der Waals surface area contributed by atoms with Gasteiger partial charge in [-0.1, -0.05) is 24.3 Å². The van der Waals surface area contributed by atoms with Crippen molar-refractivity contribution in [2.75, 3.05) is 0 Å². The summed E-state index contributed by atoms with van der Waals surface area (Å²) in [6, 6.07) is 9.12. The number of carboxylic acids is 1. The molecule has 0 aliphatic carbocycles. The number of hydrogen-bond donors (Lipinski definition) is 3. The van der Waals surface area contributed by atoms with Gasteiger partial charge in [0.25, 0.3) is 0 Å². The van der Waals surface area contributed by atoms with Crippen LogP contribution in [0.1, 0.15) is 40.9 Å². The number of carboxylic acid groups (broad SMARTS) is 1. The van der Waals surface area contributed by atoms with E-state index in [0.29, 0.717) is 39.2 Å². The molecular formula is C25H26F2N4O4. The molecule has 0 aliphatic rings. The molecule has 3 aromatic rings. The number of tetrazole rings is 1. The van der Waals surface area contributed by atoms with Crippen LogP contribution in [0, 0.1) is 25.5 Å². The molecule has 10 heteroatoms. The van der Waals surface area contributed by atoms with Crippen LogP contribution in [0.4, 0.5) is 8.78 Å². The Balaban J connectivity index is 2.21. The fraction of sp³-hybridized carbons (Fsp3) is 0.280. The predicted molar refractivity (Wildman–Crippen MR) is 125 cm³/mol. The first-order valence-electron chi connectivity index (χ1n) is 10.8. The summed E-state index contributed by atoms with van der Waals surface area (Å²) in [5.41, 5.74) is 3.02. The van der Waals surface area contributed by atoms with Crippen LogP contribution in [0.5, 0.6) is 0 Å². The van der Waals surface area contributed by atoms with Crippen molar-refractivity contribution < 1.29 is 28.9 Å². The minimum atomic E-state index is -1.24. The Bertz CT molecular complexity index is 1230. The summed E-state index contributed by atoms with van der Waals surface area (Å²) < 4.78 is 29.6. The maximum atomic E-state index is 14.1.